The molecule has 164 valence electrons. The molecule has 3 aromatic rings. The molecule has 2 aromatic heterocycles. The maximum atomic E-state index is 11.5. The summed E-state index contributed by atoms with van der Waals surface area (Å²) in [5.74, 6) is -0.197. The SMILES string of the molecule is COC[C@H](C)Oc1cc(Oc2cnc(S(C)(=O)=O)cn2)cc(-c2ccc(C(=O)O)[nH]2)c1. The van der Waals surface area contributed by atoms with Gasteiger partial charge in [-0.25, -0.2) is 23.2 Å². The van der Waals surface area contributed by atoms with Crippen LogP contribution in [0.25, 0.3) is 11.3 Å². The molecule has 2 heterocycles. The molecule has 0 saturated heterocycles. The summed E-state index contributed by atoms with van der Waals surface area (Å²) in [6.45, 7) is 2.20. The largest absolute Gasteiger partial charge is 0.488 e. The number of benzene rings is 1. The monoisotopic (exact) mass is 447 g/mol. The lowest BCUT2D eigenvalue weighted by Crippen LogP contribution is -2.17. The summed E-state index contributed by atoms with van der Waals surface area (Å²) >= 11 is 0. The van der Waals surface area contributed by atoms with Crippen molar-refractivity contribution in [2.45, 2.75) is 18.1 Å². The van der Waals surface area contributed by atoms with Crippen LogP contribution in [0.5, 0.6) is 17.4 Å². The maximum Gasteiger partial charge on any atom is 0.352 e. The zero-order valence-corrected chi connectivity index (χ0v) is 17.8. The lowest BCUT2D eigenvalue weighted by atomic mass is 10.1. The van der Waals surface area contributed by atoms with E-state index in [9.17, 15) is 13.2 Å². The number of ether oxygens (including phenoxy) is 3. The highest BCUT2D eigenvalue weighted by atomic mass is 32.2. The van der Waals surface area contributed by atoms with Gasteiger partial charge in [-0.15, -0.1) is 0 Å². The van der Waals surface area contributed by atoms with Crippen molar-refractivity contribution in [3.8, 4) is 28.6 Å². The van der Waals surface area contributed by atoms with Crippen molar-refractivity contribution in [2.75, 3.05) is 20.0 Å². The van der Waals surface area contributed by atoms with Crippen LogP contribution in [0, 0.1) is 0 Å². The zero-order valence-electron chi connectivity index (χ0n) is 17.0. The molecule has 2 N–H and O–H groups in total. The van der Waals surface area contributed by atoms with E-state index in [1.54, 1.807) is 31.4 Å². The van der Waals surface area contributed by atoms with Crippen molar-refractivity contribution in [1.29, 1.82) is 0 Å². The molecular formula is C20H21N3O7S. The average Bonchev–Trinajstić information content (AvgIpc) is 3.18. The summed E-state index contributed by atoms with van der Waals surface area (Å²) < 4.78 is 39.8. The number of H-pyrrole nitrogens is 1. The van der Waals surface area contributed by atoms with Crippen LogP contribution in [-0.4, -0.2) is 60.5 Å². The second kappa shape index (κ2) is 9.14. The Hall–Kier alpha value is -3.44. The third-order valence-electron chi connectivity index (χ3n) is 4.05. The number of nitrogens with zero attached hydrogens (tertiary/aromatic N) is 2. The van der Waals surface area contributed by atoms with Crippen LogP contribution in [0.4, 0.5) is 0 Å². The van der Waals surface area contributed by atoms with Crippen molar-refractivity contribution in [3.05, 3.63) is 48.4 Å². The van der Waals surface area contributed by atoms with Gasteiger partial charge < -0.3 is 24.3 Å². The first kappa shape index (κ1) is 22.2. The fraction of sp³-hybridized carbons (Fsp3) is 0.250. The summed E-state index contributed by atoms with van der Waals surface area (Å²) in [7, 11) is -1.91. The molecule has 0 unspecified atom stereocenters. The number of carboxylic acid groups (broad SMARTS) is 1. The van der Waals surface area contributed by atoms with E-state index in [-0.39, 0.29) is 22.7 Å². The predicted octanol–water partition coefficient (Wildman–Crippen LogP) is 2.78. The van der Waals surface area contributed by atoms with E-state index in [4.69, 9.17) is 19.3 Å². The Morgan fingerprint density at radius 3 is 2.48 bits per heavy atom. The Labute approximate surface area is 178 Å². The highest BCUT2D eigenvalue weighted by Gasteiger charge is 2.14. The van der Waals surface area contributed by atoms with E-state index in [2.05, 4.69) is 15.0 Å². The minimum Gasteiger partial charge on any atom is -0.488 e. The molecule has 0 bridgehead atoms. The molecule has 0 saturated carbocycles. The van der Waals surface area contributed by atoms with Gasteiger partial charge >= 0.3 is 5.97 Å². The summed E-state index contributed by atoms with van der Waals surface area (Å²) in [5.41, 5.74) is 1.20. The van der Waals surface area contributed by atoms with Crippen molar-refractivity contribution < 1.29 is 32.5 Å². The number of rotatable bonds is 9. The normalized spacial score (nSPS) is 12.4. The number of sulfone groups is 1. The molecule has 11 heteroatoms. The number of aromatic amines is 1. The predicted molar refractivity (Wildman–Crippen MR) is 110 cm³/mol. The number of aromatic nitrogens is 3. The van der Waals surface area contributed by atoms with Crippen LogP contribution in [0.2, 0.25) is 0 Å². The number of nitrogens with one attached hydrogen (secondary N) is 1. The maximum absolute atomic E-state index is 11.5. The molecule has 10 nitrogen and oxygen atoms in total. The van der Waals surface area contributed by atoms with Gasteiger partial charge in [0.15, 0.2) is 14.9 Å². The molecule has 0 amide bonds. The Morgan fingerprint density at radius 1 is 1.16 bits per heavy atom. The number of methoxy groups -OCH3 is 1. The Balaban J connectivity index is 1.94. The van der Waals surface area contributed by atoms with E-state index >= 15 is 0 Å². The van der Waals surface area contributed by atoms with Crippen LogP contribution in [0.3, 0.4) is 0 Å². The molecule has 0 fully saturated rings. The van der Waals surface area contributed by atoms with Gasteiger partial charge in [-0.3, -0.25) is 0 Å². The average molecular weight is 447 g/mol. The Morgan fingerprint density at radius 2 is 1.90 bits per heavy atom. The second-order valence-corrected chi connectivity index (χ2v) is 8.70. The highest BCUT2D eigenvalue weighted by Crippen LogP contribution is 2.32. The molecule has 0 spiro atoms. The Kier molecular flexibility index (Phi) is 6.56. The third-order valence-corrected chi connectivity index (χ3v) is 5.02. The molecular weight excluding hydrogens is 426 g/mol. The molecule has 0 aliphatic carbocycles. The molecule has 1 aromatic carbocycles. The first-order valence-electron chi connectivity index (χ1n) is 9.09. The first-order valence-corrected chi connectivity index (χ1v) is 11.0. The lowest BCUT2D eigenvalue weighted by molar-refractivity contribution is 0.0691. The standard InChI is InChI=1S/C20H21N3O7S/c1-12(11-28-2)29-14-6-13(16-4-5-17(23-16)20(24)25)7-15(8-14)30-18-9-22-19(10-21-18)31(3,26)27/h4-10,12,23H,11H2,1-3H3,(H,24,25)/t12-/m0/s1. The van der Waals surface area contributed by atoms with Gasteiger partial charge in [-0.2, -0.15) is 0 Å². The number of aromatic carboxylic acids is 1. The van der Waals surface area contributed by atoms with Crippen LogP contribution in [-0.2, 0) is 14.6 Å². The summed E-state index contributed by atoms with van der Waals surface area (Å²) in [5, 5.41) is 8.99. The molecule has 31 heavy (non-hydrogen) atoms. The quantitative estimate of drug-likeness (QED) is 0.506. The van der Waals surface area contributed by atoms with Gasteiger partial charge in [0, 0.05) is 30.7 Å². The number of carboxylic acids is 1. The number of carbonyl (C=O) groups is 1. The highest BCUT2D eigenvalue weighted by molar-refractivity contribution is 7.90. The second-order valence-electron chi connectivity index (χ2n) is 6.73. The van der Waals surface area contributed by atoms with Crippen LogP contribution < -0.4 is 9.47 Å². The minimum atomic E-state index is -3.48. The van der Waals surface area contributed by atoms with E-state index in [0.717, 1.165) is 12.5 Å². The van der Waals surface area contributed by atoms with Gasteiger partial charge in [0.05, 0.1) is 19.0 Å². The van der Waals surface area contributed by atoms with Gasteiger partial charge in [-0.05, 0) is 31.2 Å². The number of hydrogen-bond acceptors (Lipinski definition) is 8. The fourth-order valence-electron chi connectivity index (χ4n) is 2.71. The third kappa shape index (κ3) is 5.80. The molecule has 0 radical (unpaired) electrons. The lowest BCUT2D eigenvalue weighted by Gasteiger charge is -2.16. The van der Waals surface area contributed by atoms with Gasteiger partial charge in [-0.1, -0.05) is 0 Å². The van der Waals surface area contributed by atoms with Crippen molar-refractivity contribution in [1.82, 2.24) is 15.0 Å². The van der Waals surface area contributed by atoms with Crippen molar-refractivity contribution >= 4 is 15.8 Å². The smallest absolute Gasteiger partial charge is 0.352 e. The fourth-order valence-corrected chi connectivity index (χ4v) is 3.20. The van der Waals surface area contributed by atoms with Crippen LogP contribution in [0.1, 0.15) is 17.4 Å². The van der Waals surface area contributed by atoms with E-state index in [1.807, 2.05) is 6.92 Å². The summed E-state index contributed by atoms with van der Waals surface area (Å²) in [4.78, 5) is 21.8. The van der Waals surface area contributed by atoms with Crippen LogP contribution >= 0.6 is 0 Å². The van der Waals surface area contributed by atoms with Gasteiger partial charge in [0.25, 0.3) is 0 Å². The minimum absolute atomic E-state index is 0.0405. The first-order chi connectivity index (χ1) is 14.7. The molecule has 0 aliphatic heterocycles. The van der Waals surface area contributed by atoms with E-state index < -0.39 is 15.8 Å². The molecule has 1 atom stereocenters. The topological polar surface area (TPSA) is 141 Å². The zero-order chi connectivity index (χ0) is 22.6. The van der Waals surface area contributed by atoms with Crippen LogP contribution in [0.15, 0.2) is 47.8 Å². The van der Waals surface area contributed by atoms with Crippen molar-refractivity contribution in [2.24, 2.45) is 0 Å². The van der Waals surface area contributed by atoms with E-state index in [0.29, 0.717) is 29.4 Å². The molecule has 0 aliphatic rings. The van der Waals surface area contributed by atoms with Gasteiger partial charge in [0.2, 0.25) is 5.88 Å². The van der Waals surface area contributed by atoms with E-state index in [1.165, 1.54) is 12.3 Å². The summed E-state index contributed by atoms with van der Waals surface area (Å²) in [6, 6.07) is 8.11. The Bertz CT molecular complexity index is 1170. The van der Waals surface area contributed by atoms with Gasteiger partial charge in [0.1, 0.15) is 23.3 Å². The van der Waals surface area contributed by atoms with Crippen molar-refractivity contribution in [3.63, 3.8) is 0 Å². The number of hydrogen-bond donors (Lipinski definition) is 2. The summed E-state index contributed by atoms with van der Waals surface area (Å²) in [6.07, 6.45) is 3.10. The molecule has 3 rings (SSSR count).